The molecule has 0 bridgehead atoms. The molecular weight excluding hydrogens is 563 g/mol. The van der Waals surface area contributed by atoms with Crippen LogP contribution in [-0.2, 0) is 22.6 Å². The van der Waals surface area contributed by atoms with E-state index in [9.17, 15) is 9.59 Å². The Kier molecular flexibility index (Phi) is 10.7. The number of nitrogens with one attached hydrogen (secondary N) is 1. The fraction of sp³-hybridized carbons (Fsp3) is 0.286. The van der Waals surface area contributed by atoms with Gasteiger partial charge in [-0.2, -0.15) is 0 Å². The zero-order chi connectivity index (χ0) is 26.1. The van der Waals surface area contributed by atoms with Gasteiger partial charge in [-0.25, -0.2) is 0 Å². The van der Waals surface area contributed by atoms with E-state index in [1.54, 1.807) is 23.1 Å². The van der Waals surface area contributed by atoms with Crippen LogP contribution < -0.4 is 10.1 Å². The van der Waals surface area contributed by atoms with Crippen molar-refractivity contribution in [1.82, 2.24) is 10.2 Å². The Hall–Kier alpha value is -2.54. The Morgan fingerprint density at radius 3 is 2.39 bits per heavy atom. The smallest absolute Gasteiger partial charge is 0.261 e. The summed E-state index contributed by atoms with van der Waals surface area (Å²) in [6.45, 7) is 3.91. The normalized spacial score (nSPS) is 12.5. The first kappa shape index (κ1) is 28.0. The second-order valence-corrected chi connectivity index (χ2v) is 10.3. The third-order valence-electron chi connectivity index (χ3n) is 5.76. The van der Waals surface area contributed by atoms with Crippen LogP contribution in [0, 0.1) is 0 Å². The summed E-state index contributed by atoms with van der Waals surface area (Å²) in [4.78, 5) is 28.7. The number of halogens is 3. The Morgan fingerprint density at radius 2 is 1.72 bits per heavy atom. The van der Waals surface area contributed by atoms with Gasteiger partial charge in [-0.15, -0.1) is 0 Å². The third kappa shape index (κ3) is 8.26. The highest BCUT2D eigenvalue weighted by molar-refractivity contribution is 9.10. The molecule has 3 rings (SSSR count). The number of nitrogens with zero attached hydrogens (tertiary/aromatic N) is 1. The van der Waals surface area contributed by atoms with Gasteiger partial charge in [0.25, 0.3) is 5.91 Å². The fourth-order valence-corrected chi connectivity index (χ4v) is 4.55. The number of ether oxygens (including phenoxy) is 1. The molecule has 0 saturated heterocycles. The van der Waals surface area contributed by atoms with Crippen LogP contribution in [0.5, 0.6) is 5.75 Å². The lowest BCUT2D eigenvalue weighted by Gasteiger charge is -2.32. The molecule has 0 aromatic heterocycles. The maximum absolute atomic E-state index is 13.6. The molecule has 0 saturated carbocycles. The number of carbonyl (C=O) groups is 2. The topological polar surface area (TPSA) is 58.6 Å². The summed E-state index contributed by atoms with van der Waals surface area (Å²) in [5, 5.41) is 3.83. The predicted octanol–water partition coefficient (Wildman–Crippen LogP) is 6.69. The SMILES string of the molecule is CC[C@H](C)NC(=O)[C@H](Cc1ccccc1)N(Cc1cccc(Br)c1)C(=O)COc1ccc(Cl)cc1Cl. The van der Waals surface area contributed by atoms with Crippen molar-refractivity contribution in [2.24, 2.45) is 0 Å². The first-order chi connectivity index (χ1) is 17.3. The highest BCUT2D eigenvalue weighted by Crippen LogP contribution is 2.28. The molecule has 190 valence electrons. The van der Waals surface area contributed by atoms with Crippen LogP contribution in [0.25, 0.3) is 0 Å². The first-order valence-corrected chi connectivity index (χ1v) is 13.3. The van der Waals surface area contributed by atoms with Crippen molar-refractivity contribution >= 4 is 50.9 Å². The van der Waals surface area contributed by atoms with E-state index >= 15 is 0 Å². The number of amides is 2. The monoisotopic (exact) mass is 590 g/mol. The first-order valence-electron chi connectivity index (χ1n) is 11.7. The van der Waals surface area contributed by atoms with Crippen LogP contribution in [0.2, 0.25) is 10.0 Å². The summed E-state index contributed by atoms with van der Waals surface area (Å²) in [5.74, 6) is -0.192. The highest BCUT2D eigenvalue weighted by atomic mass is 79.9. The average molecular weight is 592 g/mol. The minimum Gasteiger partial charge on any atom is -0.482 e. The fourth-order valence-electron chi connectivity index (χ4n) is 3.64. The molecule has 0 unspecified atom stereocenters. The molecule has 0 heterocycles. The van der Waals surface area contributed by atoms with Crippen molar-refractivity contribution in [3.8, 4) is 5.75 Å². The van der Waals surface area contributed by atoms with Gasteiger partial charge in [-0.05, 0) is 54.8 Å². The molecular formula is C28H29BrCl2N2O3. The van der Waals surface area contributed by atoms with Crippen molar-refractivity contribution < 1.29 is 14.3 Å². The number of benzene rings is 3. The van der Waals surface area contributed by atoms with Crippen molar-refractivity contribution in [2.75, 3.05) is 6.61 Å². The molecule has 0 radical (unpaired) electrons. The lowest BCUT2D eigenvalue weighted by molar-refractivity contribution is -0.143. The van der Waals surface area contributed by atoms with Gasteiger partial charge < -0.3 is 15.0 Å². The standard InChI is InChI=1S/C28H29BrCl2N2O3/c1-3-19(2)32-28(35)25(15-20-8-5-4-6-9-20)33(17-21-10-7-11-22(29)14-21)27(34)18-36-26-13-12-23(30)16-24(26)31/h4-14,16,19,25H,3,15,17-18H2,1-2H3,(H,32,35)/t19-,25-/m0/s1. The summed E-state index contributed by atoms with van der Waals surface area (Å²) in [5.41, 5.74) is 1.84. The summed E-state index contributed by atoms with van der Waals surface area (Å²) in [7, 11) is 0. The molecule has 3 aromatic carbocycles. The molecule has 0 fully saturated rings. The molecule has 0 aliphatic carbocycles. The quantitative estimate of drug-likeness (QED) is 0.270. The molecule has 8 heteroatoms. The molecule has 2 atom stereocenters. The minimum atomic E-state index is -0.739. The van der Waals surface area contributed by atoms with Crippen LogP contribution in [0.4, 0.5) is 0 Å². The van der Waals surface area contributed by atoms with Gasteiger partial charge >= 0.3 is 0 Å². The Labute approximate surface area is 230 Å². The van der Waals surface area contributed by atoms with Crippen LogP contribution in [0.3, 0.4) is 0 Å². The van der Waals surface area contributed by atoms with Gasteiger partial charge in [0.1, 0.15) is 11.8 Å². The van der Waals surface area contributed by atoms with Crippen molar-refractivity contribution in [1.29, 1.82) is 0 Å². The van der Waals surface area contributed by atoms with E-state index in [4.69, 9.17) is 27.9 Å². The zero-order valence-electron chi connectivity index (χ0n) is 20.2. The Balaban J connectivity index is 1.92. The Bertz CT molecular complexity index is 1180. The summed E-state index contributed by atoms with van der Waals surface area (Å²) < 4.78 is 6.64. The van der Waals surface area contributed by atoms with Crippen molar-refractivity contribution in [3.05, 3.63) is 98.4 Å². The second kappa shape index (κ2) is 13.7. The third-order valence-corrected chi connectivity index (χ3v) is 6.78. The second-order valence-electron chi connectivity index (χ2n) is 8.54. The van der Waals surface area contributed by atoms with Crippen LogP contribution in [0.15, 0.2) is 77.3 Å². The molecule has 36 heavy (non-hydrogen) atoms. The predicted molar refractivity (Wildman–Crippen MR) is 148 cm³/mol. The van der Waals surface area contributed by atoms with E-state index in [-0.39, 0.29) is 31.0 Å². The van der Waals surface area contributed by atoms with Crippen LogP contribution in [-0.4, -0.2) is 35.4 Å². The number of hydrogen-bond donors (Lipinski definition) is 1. The van der Waals surface area contributed by atoms with E-state index < -0.39 is 6.04 Å². The lowest BCUT2D eigenvalue weighted by atomic mass is 10.0. The minimum absolute atomic E-state index is 0.0253. The maximum atomic E-state index is 13.6. The molecule has 2 amide bonds. The van der Waals surface area contributed by atoms with Crippen molar-refractivity contribution in [2.45, 2.75) is 45.3 Å². The van der Waals surface area contributed by atoms with Gasteiger partial charge in [-0.1, -0.05) is 88.5 Å². The molecule has 0 spiro atoms. The van der Waals surface area contributed by atoms with E-state index in [0.29, 0.717) is 22.2 Å². The zero-order valence-corrected chi connectivity index (χ0v) is 23.3. The molecule has 3 aromatic rings. The molecule has 0 aliphatic rings. The lowest BCUT2D eigenvalue weighted by Crippen LogP contribution is -2.53. The summed E-state index contributed by atoms with van der Waals surface area (Å²) >= 11 is 15.7. The number of hydrogen-bond acceptors (Lipinski definition) is 3. The van der Waals surface area contributed by atoms with Crippen LogP contribution >= 0.6 is 39.1 Å². The molecule has 0 aliphatic heterocycles. The Morgan fingerprint density at radius 1 is 1.00 bits per heavy atom. The van der Waals surface area contributed by atoms with E-state index in [1.807, 2.05) is 68.4 Å². The van der Waals surface area contributed by atoms with Gasteiger partial charge in [-0.3, -0.25) is 9.59 Å². The van der Waals surface area contributed by atoms with Gasteiger partial charge in [0.2, 0.25) is 5.91 Å². The average Bonchev–Trinajstić information content (AvgIpc) is 2.86. The highest BCUT2D eigenvalue weighted by Gasteiger charge is 2.31. The number of carbonyl (C=O) groups excluding carboxylic acids is 2. The van der Waals surface area contributed by atoms with E-state index in [0.717, 1.165) is 22.0 Å². The van der Waals surface area contributed by atoms with Gasteiger partial charge in [0.05, 0.1) is 5.02 Å². The summed E-state index contributed by atoms with van der Waals surface area (Å²) in [6, 6.07) is 21.4. The molecule has 1 N–H and O–H groups in total. The van der Waals surface area contributed by atoms with E-state index in [1.165, 1.54) is 0 Å². The number of rotatable bonds is 11. The van der Waals surface area contributed by atoms with Crippen molar-refractivity contribution in [3.63, 3.8) is 0 Å². The van der Waals surface area contributed by atoms with E-state index in [2.05, 4.69) is 21.2 Å². The van der Waals surface area contributed by atoms with Crippen LogP contribution in [0.1, 0.15) is 31.4 Å². The molecule has 5 nitrogen and oxygen atoms in total. The van der Waals surface area contributed by atoms with Gasteiger partial charge in [0.15, 0.2) is 6.61 Å². The van der Waals surface area contributed by atoms with Gasteiger partial charge in [0, 0.05) is 28.5 Å². The summed E-state index contributed by atoms with van der Waals surface area (Å²) in [6.07, 6.45) is 1.14. The largest absolute Gasteiger partial charge is 0.482 e. The maximum Gasteiger partial charge on any atom is 0.261 e.